The molecule has 6 aliphatic carbocycles. The van der Waals surface area contributed by atoms with Crippen molar-refractivity contribution < 1.29 is 0 Å². The highest BCUT2D eigenvalue weighted by molar-refractivity contribution is 5.07. The topological polar surface area (TPSA) is 0 Å². The van der Waals surface area contributed by atoms with Gasteiger partial charge in [0.25, 0.3) is 0 Å². The lowest BCUT2D eigenvalue weighted by Crippen LogP contribution is -1.77. The minimum absolute atomic E-state index is 1.14. The Kier molecular flexibility index (Phi) is 23.9. The molecule has 0 atom stereocenters. The van der Waals surface area contributed by atoms with Gasteiger partial charge in [-0.25, -0.2) is 0 Å². The molecule has 188 valence electrons. The van der Waals surface area contributed by atoms with Crippen molar-refractivity contribution in [1.29, 1.82) is 0 Å². The van der Waals surface area contributed by atoms with Gasteiger partial charge in [-0.2, -0.15) is 0 Å². The molecule has 0 unspecified atom stereocenters. The van der Waals surface area contributed by atoms with E-state index in [4.69, 9.17) is 0 Å². The molecule has 0 nitrogen and oxygen atoms in total. The average molecular weight is 461 g/mol. The van der Waals surface area contributed by atoms with Gasteiger partial charge in [-0.15, -0.1) is 0 Å². The van der Waals surface area contributed by atoms with Gasteiger partial charge in [-0.05, 0) is 116 Å². The molecule has 0 aromatic carbocycles. The van der Waals surface area contributed by atoms with Crippen molar-refractivity contribution in [2.75, 3.05) is 0 Å². The Bertz CT molecular complexity index is 550. The molecule has 0 aromatic rings. The summed E-state index contributed by atoms with van der Waals surface area (Å²) in [6, 6.07) is 0. The SMILES string of the molecule is C1=CCC=CC1.C1=CCCC1.C1=CCCC1.C1=CCCC=C1.C1=CCCCC1.C1=CCCCC1. The van der Waals surface area contributed by atoms with Crippen LogP contribution < -0.4 is 0 Å². The maximum Gasteiger partial charge on any atom is -0.0169 e. The van der Waals surface area contributed by atoms with Crippen LogP contribution in [-0.2, 0) is 0 Å². The van der Waals surface area contributed by atoms with Crippen molar-refractivity contribution >= 4 is 0 Å². The summed E-state index contributed by atoms with van der Waals surface area (Å²) in [6.07, 6.45) is 59.0. The highest BCUT2D eigenvalue weighted by Crippen LogP contribution is 2.08. The van der Waals surface area contributed by atoms with Crippen LogP contribution in [0.5, 0.6) is 0 Å². The van der Waals surface area contributed by atoms with Crippen LogP contribution in [0.15, 0.2) is 97.2 Å². The Morgan fingerprint density at radius 3 is 0.588 bits per heavy atom. The van der Waals surface area contributed by atoms with Crippen LogP contribution in [0.3, 0.4) is 0 Å². The third-order valence-electron chi connectivity index (χ3n) is 5.89. The van der Waals surface area contributed by atoms with E-state index in [1.165, 1.54) is 103 Å². The van der Waals surface area contributed by atoms with E-state index in [0.29, 0.717) is 0 Å². The van der Waals surface area contributed by atoms with Gasteiger partial charge < -0.3 is 0 Å². The van der Waals surface area contributed by atoms with Crippen LogP contribution in [0.1, 0.15) is 116 Å². The van der Waals surface area contributed by atoms with Gasteiger partial charge in [0.15, 0.2) is 0 Å². The molecule has 34 heavy (non-hydrogen) atoms. The van der Waals surface area contributed by atoms with Crippen molar-refractivity contribution in [2.24, 2.45) is 0 Å². The highest BCUT2D eigenvalue weighted by atomic mass is 13.9. The molecule has 0 spiro atoms. The molecular formula is C34H52. The minimum Gasteiger partial charge on any atom is -0.0885 e. The summed E-state index contributed by atoms with van der Waals surface area (Å²) in [5.74, 6) is 0. The first-order chi connectivity index (χ1) is 17.0. The van der Waals surface area contributed by atoms with E-state index in [0.717, 1.165) is 12.8 Å². The predicted octanol–water partition coefficient (Wildman–Crippen LogP) is 11.5. The predicted molar refractivity (Wildman–Crippen MR) is 156 cm³/mol. The molecule has 6 aliphatic rings. The van der Waals surface area contributed by atoms with Gasteiger partial charge in [0.05, 0.1) is 0 Å². The zero-order valence-corrected chi connectivity index (χ0v) is 22.0. The molecule has 0 aliphatic heterocycles. The summed E-state index contributed by atoms with van der Waals surface area (Å²) in [5, 5.41) is 0. The van der Waals surface area contributed by atoms with Gasteiger partial charge in [0, 0.05) is 0 Å². The van der Waals surface area contributed by atoms with Crippen LogP contribution in [0.2, 0.25) is 0 Å². The van der Waals surface area contributed by atoms with E-state index in [2.05, 4.69) is 97.2 Å². The second kappa shape index (κ2) is 27.2. The van der Waals surface area contributed by atoms with E-state index in [9.17, 15) is 0 Å². The van der Waals surface area contributed by atoms with Gasteiger partial charge in [-0.1, -0.05) is 97.2 Å². The van der Waals surface area contributed by atoms with Gasteiger partial charge in [0.2, 0.25) is 0 Å². The molecule has 0 N–H and O–H groups in total. The van der Waals surface area contributed by atoms with Crippen molar-refractivity contribution in [2.45, 2.75) is 116 Å². The van der Waals surface area contributed by atoms with Crippen molar-refractivity contribution in [1.82, 2.24) is 0 Å². The second-order valence-corrected chi connectivity index (χ2v) is 9.16. The monoisotopic (exact) mass is 460 g/mol. The maximum atomic E-state index is 2.27. The lowest BCUT2D eigenvalue weighted by Gasteiger charge is -1.97. The van der Waals surface area contributed by atoms with Crippen LogP contribution >= 0.6 is 0 Å². The molecule has 0 amide bonds. The fourth-order valence-electron chi connectivity index (χ4n) is 3.78. The van der Waals surface area contributed by atoms with E-state index in [-0.39, 0.29) is 0 Å². The molecule has 6 rings (SSSR count). The molecule has 0 saturated carbocycles. The number of allylic oxidation sites excluding steroid dienone is 16. The van der Waals surface area contributed by atoms with E-state index < -0.39 is 0 Å². The Labute approximate surface area is 212 Å². The summed E-state index contributed by atoms with van der Waals surface area (Å²) >= 11 is 0. The van der Waals surface area contributed by atoms with Crippen LogP contribution in [0.25, 0.3) is 0 Å². The lowest BCUT2D eigenvalue weighted by atomic mass is 10.1. The number of hydrogen-bond acceptors (Lipinski definition) is 0. The van der Waals surface area contributed by atoms with Gasteiger partial charge in [0.1, 0.15) is 0 Å². The molecule has 0 heteroatoms. The molecular weight excluding hydrogens is 408 g/mol. The van der Waals surface area contributed by atoms with E-state index >= 15 is 0 Å². The van der Waals surface area contributed by atoms with Crippen molar-refractivity contribution in [3.8, 4) is 0 Å². The lowest BCUT2D eigenvalue weighted by molar-refractivity contribution is 0.730. The first-order valence-electron chi connectivity index (χ1n) is 14.2. The van der Waals surface area contributed by atoms with E-state index in [1.807, 2.05) is 0 Å². The first-order valence-corrected chi connectivity index (χ1v) is 14.2. The van der Waals surface area contributed by atoms with Gasteiger partial charge >= 0.3 is 0 Å². The highest BCUT2D eigenvalue weighted by Gasteiger charge is 1.88. The molecule has 0 heterocycles. The summed E-state index contributed by atoms with van der Waals surface area (Å²) in [4.78, 5) is 0. The second-order valence-electron chi connectivity index (χ2n) is 9.16. The number of hydrogen-bond donors (Lipinski definition) is 0. The summed E-state index contributed by atoms with van der Waals surface area (Å²) in [6.45, 7) is 0. The summed E-state index contributed by atoms with van der Waals surface area (Å²) in [7, 11) is 0. The van der Waals surface area contributed by atoms with Crippen LogP contribution in [0, 0.1) is 0 Å². The van der Waals surface area contributed by atoms with Gasteiger partial charge in [-0.3, -0.25) is 0 Å². The number of rotatable bonds is 0. The van der Waals surface area contributed by atoms with Crippen LogP contribution in [0.4, 0.5) is 0 Å². The fraction of sp³-hybridized carbons (Fsp3) is 0.529. The quantitative estimate of drug-likeness (QED) is 0.315. The smallest absolute Gasteiger partial charge is 0.0169 e. The Morgan fingerprint density at radius 1 is 0.206 bits per heavy atom. The standard InChI is InChI=1S/2C6H10.2C6H8.2C5H8/c4*1-2-4-6-5-3-1;2*1-2-4-5-3-1/h2*1-2H,3-6H2;1-2,5-6H,3-4H2;1-4H,5-6H2;2*1-2H,3-5H2. The Hall–Kier alpha value is -2.08. The summed E-state index contributed by atoms with van der Waals surface area (Å²) in [5.41, 5.74) is 0. The third kappa shape index (κ3) is 24.6. The van der Waals surface area contributed by atoms with Crippen LogP contribution in [-0.4, -0.2) is 0 Å². The Balaban J connectivity index is 0.000000204. The normalized spacial score (nSPS) is 20.2. The zero-order chi connectivity index (χ0) is 24.0. The van der Waals surface area contributed by atoms with Crippen molar-refractivity contribution in [3.63, 3.8) is 0 Å². The molecule has 0 radical (unpaired) electrons. The zero-order valence-electron chi connectivity index (χ0n) is 22.0. The average Bonchev–Trinajstić information content (AvgIpc) is 3.74. The molecule has 0 bridgehead atoms. The molecule has 0 saturated heterocycles. The fourth-order valence-corrected chi connectivity index (χ4v) is 3.78. The minimum atomic E-state index is 1.14. The van der Waals surface area contributed by atoms with E-state index in [1.54, 1.807) is 0 Å². The summed E-state index contributed by atoms with van der Waals surface area (Å²) < 4.78 is 0. The van der Waals surface area contributed by atoms with Crippen molar-refractivity contribution in [3.05, 3.63) is 97.2 Å². The first kappa shape index (κ1) is 30.0. The maximum absolute atomic E-state index is 2.27. The largest absolute Gasteiger partial charge is 0.0885 e. The third-order valence-corrected chi connectivity index (χ3v) is 5.89. The molecule has 0 aromatic heterocycles. The molecule has 0 fully saturated rings. The Morgan fingerprint density at radius 2 is 0.471 bits per heavy atom.